The van der Waals surface area contributed by atoms with Crippen LogP contribution in [0.1, 0.15) is 44.9 Å². The number of nitrogens with one attached hydrogen (secondary N) is 1. The molecule has 2 fully saturated rings. The molecule has 1 aliphatic carbocycles. The highest BCUT2D eigenvalue weighted by atomic mass is 16.5. The van der Waals surface area contributed by atoms with Crippen LogP contribution in [0.5, 0.6) is 11.5 Å². The molecule has 0 radical (unpaired) electrons. The van der Waals surface area contributed by atoms with Crippen LogP contribution in [0, 0.1) is 0 Å². The van der Waals surface area contributed by atoms with Crippen molar-refractivity contribution >= 4 is 11.6 Å². The molecular weight excluding hydrogens is 338 g/mol. The van der Waals surface area contributed by atoms with Crippen LogP contribution in [0.4, 0.5) is 5.69 Å². The third-order valence-electron chi connectivity index (χ3n) is 5.63. The van der Waals surface area contributed by atoms with Gasteiger partial charge in [0.25, 0.3) is 0 Å². The first-order valence-electron chi connectivity index (χ1n) is 10.0. The molecule has 5 heteroatoms. The van der Waals surface area contributed by atoms with Crippen molar-refractivity contribution in [3.05, 3.63) is 48.8 Å². The van der Waals surface area contributed by atoms with E-state index >= 15 is 0 Å². The van der Waals surface area contributed by atoms with E-state index in [-0.39, 0.29) is 11.9 Å². The molecule has 1 unspecified atom stereocenters. The number of likely N-dealkylation sites (tertiary alicyclic amines) is 1. The first-order valence-corrected chi connectivity index (χ1v) is 10.0. The number of aromatic nitrogens is 1. The lowest BCUT2D eigenvalue weighted by atomic mass is 9.98. The summed E-state index contributed by atoms with van der Waals surface area (Å²) in [6.45, 7) is 1.06. The maximum absolute atomic E-state index is 12.9. The highest BCUT2D eigenvalue weighted by Crippen LogP contribution is 2.30. The number of pyridine rings is 1. The fraction of sp³-hybridized carbons (Fsp3) is 0.455. The second kappa shape index (κ2) is 8.53. The minimum Gasteiger partial charge on any atom is -0.456 e. The molecule has 1 N–H and O–H groups in total. The van der Waals surface area contributed by atoms with Gasteiger partial charge in [-0.15, -0.1) is 0 Å². The van der Waals surface area contributed by atoms with Gasteiger partial charge in [-0.05, 0) is 68.6 Å². The maximum Gasteiger partial charge on any atom is 0.241 e. The lowest BCUT2D eigenvalue weighted by molar-refractivity contribution is -0.123. The molecular formula is C22H27N3O2. The number of carbonyl (C=O) groups excluding carboxylic acids is 1. The van der Waals surface area contributed by atoms with Crippen LogP contribution in [0.25, 0.3) is 0 Å². The fourth-order valence-electron chi connectivity index (χ4n) is 4.28. The van der Waals surface area contributed by atoms with Crippen LogP contribution in [-0.2, 0) is 4.79 Å². The zero-order valence-corrected chi connectivity index (χ0v) is 15.6. The smallest absolute Gasteiger partial charge is 0.241 e. The zero-order chi connectivity index (χ0) is 18.5. The van der Waals surface area contributed by atoms with Crippen molar-refractivity contribution in [2.75, 3.05) is 11.9 Å². The minimum atomic E-state index is 0.00756. The summed E-state index contributed by atoms with van der Waals surface area (Å²) in [4.78, 5) is 19.4. The molecule has 1 aliphatic heterocycles. The quantitative estimate of drug-likeness (QED) is 0.841. The van der Waals surface area contributed by atoms with Crippen molar-refractivity contribution in [1.82, 2.24) is 9.88 Å². The number of amides is 1. The van der Waals surface area contributed by atoms with E-state index in [9.17, 15) is 4.79 Å². The van der Waals surface area contributed by atoms with Crippen LogP contribution >= 0.6 is 0 Å². The lowest BCUT2D eigenvalue weighted by Gasteiger charge is -2.38. The first-order chi connectivity index (χ1) is 13.3. The van der Waals surface area contributed by atoms with Crippen molar-refractivity contribution < 1.29 is 9.53 Å². The van der Waals surface area contributed by atoms with Crippen molar-refractivity contribution in [2.45, 2.75) is 57.0 Å². The van der Waals surface area contributed by atoms with Gasteiger partial charge in [0.15, 0.2) is 0 Å². The number of rotatable bonds is 5. The fourth-order valence-corrected chi connectivity index (χ4v) is 4.28. The predicted octanol–water partition coefficient (Wildman–Crippen LogP) is 4.61. The van der Waals surface area contributed by atoms with E-state index in [0.29, 0.717) is 11.8 Å². The van der Waals surface area contributed by atoms with Gasteiger partial charge >= 0.3 is 0 Å². The van der Waals surface area contributed by atoms with E-state index in [1.807, 2.05) is 36.4 Å². The summed E-state index contributed by atoms with van der Waals surface area (Å²) in [7, 11) is 0. The number of nitrogens with zero attached hydrogens (tertiary/aromatic N) is 2. The number of piperidine rings is 1. The Labute approximate surface area is 160 Å². The van der Waals surface area contributed by atoms with Crippen LogP contribution in [0.2, 0.25) is 0 Å². The molecule has 1 saturated carbocycles. The number of hydrogen-bond donors (Lipinski definition) is 1. The molecule has 0 spiro atoms. The molecule has 2 aromatic rings. The largest absolute Gasteiger partial charge is 0.456 e. The minimum absolute atomic E-state index is 0.00756. The van der Waals surface area contributed by atoms with Gasteiger partial charge in [0.1, 0.15) is 11.5 Å². The summed E-state index contributed by atoms with van der Waals surface area (Å²) in [6, 6.07) is 11.8. The van der Waals surface area contributed by atoms with Crippen molar-refractivity contribution in [3.8, 4) is 11.5 Å². The van der Waals surface area contributed by atoms with E-state index in [2.05, 4.69) is 15.2 Å². The van der Waals surface area contributed by atoms with Crippen molar-refractivity contribution in [3.63, 3.8) is 0 Å². The van der Waals surface area contributed by atoms with Gasteiger partial charge in [-0.25, -0.2) is 0 Å². The number of hydrogen-bond acceptors (Lipinski definition) is 4. The Morgan fingerprint density at radius 1 is 1.00 bits per heavy atom. The van der Waals surface area contributed by atoms with Crippen molar-refractivity contribution in [2.24, 2.45) is 0 Å². The Bertz CT molecular complexity index is 742. The second-order valence-corrected chi connectivity index (χ2v) is 7.49. The molecule has 142 valence electrons. The van der Waals surface area contributed by atoms with Crippen LogP contribution in [0.3, 0.4) is 0 Å². The van der Waals surface area contributed by atoms with Gasteiger partial charge in [0.2, 0.25) is 5.91 Å². The third-order valence-corrected chi connectivity index (χ3v) is 5.63. The molecule has 1 aromatic heterocycles. The molecule has 1 saturated heterocycles. The second-order valence-electron chi connectivity index (χ2n) is 7.49. The molecule has 2 aliphatic rings. The third kappa shape index (κ3) is 4.48. The Kier molecular flexibility index (Phi) is 5.68. The normalized spacial score (nSPS) is 21.1. The van der Waals surface area contributed by atoms with Gasteiger partial charge in [-0.3, -0.25) is 14.7 Å². The monoisotopic (exact) mass is 365 g/mol. The highest BCUT2D eigenvalue weighted by Gasteiger charge is 2.34. The van der Waals surface area contributed by atoms with Gasteiger partial charge in [-0.2, -0.15) is 0 Å². The summed E-state index contributed by atoms with van der Waals surface area (Å²) >= 11 is 0. The molecule has 5 nitrogen and oxygen atoms in total. The summed E-state index contributed by atoms with van der Waals surface area (Å²) in [5, 5.41) is 3.11. The van der Waals surface area contributed by atoms with Crippen LogP contribution in [0.15, 0.2) is 48.8 Å². The van der Waals surface area contributed by atoms with Gasteiger partial charge < -0.3 is 10.1 Å². The van der Waals surface area contributed by atoms with E-state index in [0.717, 1.165) is 30.8 Å². The zero-order valence-electron chi connectivity index (χ0n) is 15.6. The summed E-state index contributed by atoms with van der Waals surface area (Å²) < 4.78 is 5.76. The number of ether oxygens (including phenoxy) is 1. The average molecular weight is 365 g/mol. The Balaban J connectivity index is 1.38. The summed E-state index contributed by atoms with van der Waals surface area (Å²) in [5.41, 5.74) is 0.815. The average Bonchev–Trinajstić information content (AvgIpc) is 3.25. The van der Waals surface area contributed by atoms with Crippen LogP contribution < -0.4 is 10.1 Å². The van der Waals surface area contributed by atoms with E-state index in [4.69, 9.17) is 4.74 Å². The summed E-state index contributed by atoms with van der Waals surface area (Å²) in [5.74, 6) is 1.55. The number of anilines is 1. The van der Waals surface area contributed by atoms with Gasteiger partial charge in [0, 0.05) is 17.9 Å². The van der Waals surface area contributed by atoms with Crippen molar-refractivity contribution in [1.29, 1.82) is 0 Å². The summed E-state index contributed by atoms with van der Waals surface area (Å²) in [6.07, 6.45) is 11.8. The molecule has 0 bridgehead atoms. The maximum atomic E-state index is 12.9. The molecule has 1 aromatic carbocycles. The Hall–Kier alpha value is -2.40. The Morgan fingerprint density at radius 3 is 2.52 bits per heavy atom. The standard InChI is InChI=1S/C22H27N3O2/c26-22(21-9-3-4-15-25(21)18-6-1-2-7-18)24-17-10-12-19(13-11-17)27-20-8-5-14-23-16-20/h5,8,10-14,16,18,21H,1-4,6-7,9,15H2,(H,24,26). The molecule has 27 heavy (non-hydrogen) atoms. The number of carbonyl (C=O) groups is 1. The molecule has 1 amide bonds. The van der Waals surface area contributed by atoms with E-state index in [1.54, 1.807) is 12.4 Å². The van der Waals surface area contributed by atoms with Gasteiger partial charge in [-0.1, -0.05) is 19.3 Å². The SMILES string of the molecule is O=C(Nc1ccc(Oc2cccnc2)cc1)C1CCCCN1C1CCCC1. The van der Waals surface area contributed by atoms with E-state index < -0.39 is 0 Å². The molecule has 1 atom stereocenters. The molecule has 4 rings (SSSR count). The van der Waals surface area contributed by atoms with Gasteiger partial charge in [0.05, 0.1) is 12.2 Å². The lowest BCUT2D eigenvalue weighted by Crippen LogP contribution is -2.51. The topological polar surface area (TPSA) is 54.5 Å². The predicted molar refractivity (Wildman–Crippen MR) is 106 cm³/mol. The van der Waals surface area contributed by atoms with E-state index in [1.165, 1.54) is 32.1 Å². The highest BCUT2D eigenvalue weighted by molar-refractivity contribution is 5.95. The Morgan fingerprint density at radius 2 is 1.78 bits per heavy atom. The first kappa shape index (κ1) is 18.0. The number of benzene rings is 1. The van der Waals surface area contributed by atoms with Crippen LogP contribution in [-0.4, -0.2) is 34.4 Å². The molecule has 2 heterocycles.